The molecule has 0 radical (unpaired) electrons. The smallest absolute Gasteiger partial charge is 0.0590 e. The molecule has 0 saturated heterocycles. The van der Waals surface area contributed by atoms with Gasteiger partial charge in [-0.1, -0.05) is 68.6 Å². The van der Waals surface area contributed by atoms with Gasteiger partial charge in [-0.3, -0.25) is 0 Å². The zero-order chi connectivity index (χ0) is 14.7. The van der Waals surface area contributed by atoms with Gasteiger partial charge in [0.25, 0.3) is 0 Å². The molecule has 3 heteroatoms. The molecule has 1 nitrogen and oxygen atoms in total. The van der Waals surface area contributed by atoms with Crippen molar-refractivity contribution in [3.05, 3.63) is 67.6 Å². The number of benzene rings is 2. The van der Waals surface area contributed by atoms with Crippen LogP contribution in [0.15, 0.2) is 45.3 Å². The van der Waals surface area contributed by atoms with Gasteiger partial charge in [-0.15, -0.1) is 0 Å². The van der Waals surface area contributed by atoms with Crippen LogP contribution in [0.4, 0.5) is 0 Å². The maximum atomic E-state index is 3.69. The maximum absolute atomic E-state index is 3.69. The van der Waals surface area contributed by atoms with Gasteiger partial charge in [-0.05, 0) is 49.2 Å². The van der Waals surface area contributed by atoms with E-state index in [-0.39, 0.29) is 6.04 Å². The van der Waals surface area contributed by atoms with Crippen LogP contribution in [0.2, 0.25) is 0 Å². The molecule has 1 atom stereocenters. The highest BCUT2D eigenvalue weighted by Crippen LogP contribution is 2.32. The lowest BCUT2D eigenvalue weighted by molar-refractivity contribution is 0.625. The van der Waals surface area contributed by atoms with Gasteiger partial charge < -0.3 is 5.32 Å². The number of hydrogen-bond donors (Lipinski definition) is 1. The van der Waals surface area contributed by atoms with Crippen molar-refractivity contribution in [2.75, 3.05) is 6.54 Å². The molecule has 1 N–H and O–H groups in total. The summed E-state index contributed by atoms with van der Waals surface area (Å²) in [4.78, 5) is 0. The van der Waals surface area contributed by atoms with Crippen molar-refractivity contribution >= 4 is 31.9 Å². The molecule has 0 amide bonds. The Hall–Kier alpha value is -0.640. The summed E-state index contributed by atoms with van der Waals surface area (Å²) in [5.74, 6) is 0. The number of halogens is 2. The van der Waals surface area contributed by atoms with E-state index < -0.39 is 0 Å². The largest absolute Gasteiger partial charge is 0.306 e. The van der Waals surface area contributed by atoms with Gasteiger partial charge in [0.2, 0.25) is 0 Å². The highest BCUT2D eigenvalue weighted by Gasteiger charge is 2.18. The van der Waals surface area contributed by atoms with Gasteiger partial charge in [-0.2, -0.15) is 0 Å². The van der Waals surface area contributed by atoms with E-state index in [2.05, 4.69) is 94.3 Å². The Morgan fingerprint density at radius 2 is 1.75 bits per heavy atom. The summed E-state index contributed by atoms with van der Waals surface area (Å²) < 4.78 is 2.21. The van der Waals surface area contributed by atoms with Crippen molar-refractivity contribution in [1.82, 2.24) is 5.32 Å². The van der Waals surface area contributed by atoms with E-state index in [4.69, 9.17) is 0 Å². The minimum absolute atomic E-state index is 0.211. The summed E-state index contributed by atoms with van der Waals surface area (Å²) in [5.41, 5.74) is 5.22. The van der Waals surface area contributed by atoms with Crippen LogP contribution < -0.4 is 5.32 Å². The van der Waals surface area contributed by atoms with Gasteiger partial charge in [-0.25, -0.2) is 0 Å². The van der Waals surface area contributed by atoms with Crippen LogP contribution in [0.1, 0.15) is 35.2 Å². The van der Waals surface area contributed by atoms with Crippen molar-refractivity contribution < 1.29 is 0 Å². The Balaban J connectivity index is 2.53. The minimum atomic E-state index is 0.211. The second-order valence-electron chi connectivity index (χ2n) is 5.02. The molecule has 0 spiro atoms. The minimum Gasteiger partial charge on any atom is -0.306 e. The molecule has 0 aliphatic carbocycles. The fourth-order valence-electron chi connectivity index (χ4n) is 2.40. The molecule has 0 aliphatic rings. The molecule has 0 bridgehead atoms. The van der Waals surface area contributed by atoms with Crippen LogP contribution in [0.5, 0.6) is 0 Å². The molecule has 1 unspecified atom stereocenters. The molecule has 2 aromatic rings. The van der Waals surface area contributed by atoms with Crippen molar-refractivity contribution in [1.29, 1.82) is 0 Å². The van der Waals surface area contributed by atoms with Crippen molar-refractivity contribution in [2.45, 2.75) is 26.8 Å². The molecule has 0 aromatic heterocycles. The third-order valence-corrected chi connectivity index (χ3v) is 4.61. The molecular weight excluding hydrogens is 378 g/mol. The third-order valence-electron chi connectivity index (χ3n) is 3.43. The lowest BCUT2D eigenvalue weighted by atomic mass is 9.93. The van der Waals surface area contributed by atoms with E-state index in [0.717, 1.165) is 15.5 Å². The molecule has 0 heterocycles. The molecular formula is C17H19Br2N. The number of hydrogen-bond acceptors (Lipinski definition) is 1. The van der Waals surface area contributed by atoms with Gasteiger partial charge in [0.05, 0.1) is 6.04 Å². The number of rotatable bonds is 4. The zero-order valence-electron chi connectivity index (χ0n) is 12.0. The van der Waals surface area contributed by atoms with E-state index >= 15 is 0 Å². The first kappa shape index (κ1) is 15.7. The monoisotopic (exact) mass is 395 g/mol. The summed E-state index contributed by atoms with van der Waals surface area (Å²) in [6, 6.07) is 13.2. The predicted molar refractivity (Wildman–Crippen MR) is 93.3 cm³/mol. The van der Waals surface area contributed by atoms with Crippen LogP contribution in [0.25, 0.3) is 0 Å². The molecule has 0 fully saturated rings. The first-order valence-corrected chi connectivity index (χ1v) is 8.37. The standard InChI is InChI=1S/C17H19Br2N/c1-4-20-17(14-8-7-13(18)10-16(14)19)15-9-11(2)5-6-12(15)3/h5-10,17,20H,4H2,1-3H3. The van der Waals surface area contributed by atoms with E-state index in [1.807, 2.05) is 0 Å². The van der Waals surface area contributed by atoms with Crippen molar-refractivity contribution in [3.63, 3.8) is 0 Å². The third kappa shape index (κ3) is 3.51. The molecule has 2 rings (SSSR count). The highest BCUT2D eigenvalue weighted by molar-refractivity contribution is 9.11. The van der Waals surface area contributed by atoms with Crippen LogP contribution in [0.3, 0.4) is 0 Å². The fraction of sp³-hybridized carbons (Fsp3) is 0.294. The maximum Gasteiger partial charge on any atom is 0.0590 e. The summed E-state index contributed by atoms with van der Waals surface area (Å²) in [7, 11) is 0. The second kappa shape index (κ2) is 6.88. The second-order valence-corrected chi connectivity index (χ2v) is 6.79. The van der Waals surface area contributed by atoms with Gasteiger partial charge >= 0.3 is 0 Å². The highest BCUT2D eigenvalue weighted by atomic mass is 79.9. The Morgan fingerprint density at radius 1 is 1.00 bits per heavy atom. The first-order chi connectivity index (χ1) is 9.52. The SMILES string of the molecule is CCNC(c1cc(C)ccc1C)c1ccc(Br)cc1Br. The van der Waals surface area contributed by atoms with Gasteiger partial charge in [0, 0.05) is 8.95 Å². The molecule has 0 aliphatic heterocycles. The van der Waals surface area contributed by atoms with E-state index in [0.29, 0.717) is 0 Å². The zero-order valence-corrected chi connectivity index (χ0v) is 15.2. The topological polar surface area (TPSA) is 12.0 Å². The normalized spacial score (nSPS) is 12.4. The quantitative estimate of drug-likeness (QED) is 0.716. The fourth-order valence-corrected chi connectivity index (χ4v) is 3.67. The predicted octanol–water partition coefficient (Wildman–Crippen LogP) is 5.53. The summed E-state index contributed by atoms with van der Waals surface area (Å²) in [6.45, 7) is 7.39. The van der Waals surface area contributed by atoms with E-state index in [9.17, 15) is 0 Å². The molecule has 20 heavy (non-hydrogen) atoms. The Morgan fingerprint density at radius 3 is 2.40 bits per heavy atom. The Labute approximate surface area is 138 Å². The van der Waals surface area contributed by atoms with Crippen LogP contribution in [-0.4, -0.2) is 6.54 Å². The van der Waals surface area contributed by atoms with Gasteiger partial charge in [0.15, 0.2) is 0 Å². The summed E-state index contributed by atoms with van der Waals surface area (Å²) in [5, 5.41) is 3.60. The first-order valence-electron chi connectivity index (χ1n) is 6.78. The van der Waals surface area contributed by atoms with E-state index in [1.54, 1.807) is 0 Å². The van der Waals surface area contributed by atoms with Crippen molar-refractivity contribution in [3.8, 4) is 0 Å². The lowest BCUT2D eigenvalue weighted by Gasteiger charge is -2.23. The summed E-state index contributed by atoms with van der Waals surface area (Å²) in [6.07, 6.45) is 0. The van der Waals surface area contributed by atoms with Gasteiger partial charge in [0.1, 0.15) is 0 Å². The molecule has 0 saturated carbocycles. The number of nitrogens with one attached hydrogen (secondary N) is 1. The molecule has 106 valence electrons. The van der Waals surface area contributed by atoms with E-state index in [1.165, 1.54) is 22.3 Å². The lowest BCUT2D eigenvalue weighted by Crippen LogP contribution is -2.23. The van der Waals surface area contributed by atoms with Crippen molar-refractivity contribution in [2.24, 2.45) is 0 Å². The number of aryl methyl sites for hydroxylation is 2. The van der Waals surface area contributed by atoms with Crippen LogP contribution in [0, 0.1) is 13.8 Å². The Bertz CT molecular complexity index is 608. The average molecular weight is 397 g/mol. The van der Waals surface area contributed by atoms with Crippen LogP contribution >= 0.6 is 31.9 Å². The molecule has 2 aromatic carbocycles. The Kier molecular flexibility index (Phi) is 5.42. The average Bonchev–Trinajstić information content (AvgIpc) is 2.40. The van der Waals surface area contributed by atoms with Crippen LogP contribution in [-0.2, 0) is 0 Å². The summed E-state index contributed by atoms with van der Waals surface area (Å²) >= 11 is 7.20.